The first kappa shape index (κ1) is 24.9. The van der Waals surface area contributed by atoms with Gasteiger partial charge in [-0.25, -0.2) is 0 Å². The molecule has 0 bridgehead atoms. The molecular formula is C25H23N5O5S. The van der Waals surface area contributed by atoms with Crippen LogP contribution in [0.3, 0.4) is 0 Å². The molecule has 1 heterocycles. The lowest BCUT2D eigenvalue weighted by Crippen LogP contribution is -2.11. The number of ether oxygens (including phenoxy) is 1. The van der Waals surface area contributed by atoms with Crippen LogP contribution in [0.4, 0.5) is 5.69 Å². The molecule has 184 valence electrons. The summed E-state index contributed by atoms with van der Waals surface area (Å²) in [4.78, 5) is 21.6. The zero-order valence-corrected chi connectivity index (χ0v) is 20.4. The molecule has 0 saturated heterocycles. The fraction of sp³-hybridized carbons (Fsp3) is 0.200. The number of nitrogens with zero attached hydrogens (tertiary/aromatic N) is 5. The monoisotopic (exact) mass is 505 g/mol. The molecule has 0 aliphatic rings. The number of hydrogen-bond acceptors (Lipinski definition) is 8. The van der Waals surface area contributed by atoms with E-state index in [9.17, 15) is 20.2 Å². The zero-order valence-electron chi connectivity index (χ0n) is 19.6. The zero-order chi connectivity index (χ0) is 25.7. The van der Waals surface area contributed by atoms with Crippen molar-refractivity contribution in [1.82, 2.24) is 14.8 Å². The van der Waals surface area contributed by atoms with Gasteiger partial charge in [0.25, 0.3) is 5.69 Å². The molecule has 0 radical (unpaired) electrons. The van der Waals surface area contributed by atoms with Crippen molar-refractivity contribution in [3.8, 4) is 11.4 Å². The second-order valence-corrected chi connectivity index (χ2v) is 9.28. The van der Waals surface area contributed by atoms with Gasteiger partial charge in [0.15, 0.2) is 5.16 Å². The number of aromatic nitrogens is 3. The highest BCUT2D eigenvalue weighted by Crippen LogP contribution is 2.36. The van der Waals surface area contributed by atoms with Crippen LogP contribution >= 0.6 is 11.8 Å². The number of rotatable bonds is 10. The van der Waals surface area contributed by atoms with Gasteiger partial charge in [0, 0.05) is 22.7 Å². The summed E-state index contributed by atoms with van der Waals surface area (Å²) in [5, 5.41) is 30.9. The van der Waals surface area contributed by atoms with E-state index >= 15 is 0 Å². The molecule has 0 unspecified atom stereocenters. The van der Waals surface area contributed by atoms with Crippen molar-refractivity contribution >= 4 is 17.4 Å². The summed E-state index contributed by atoms with van der Waals surface area (Å²) in [6.45, 7) is 3.70. The Morgan fingerprint density at radius 3 is 2.42 bits per heavy atom. The van der Waals surface area contributed by atoms with E-state index in [4.69, 9.17) is 4.74 Å². The van der Waals surface area contributed by atoms with Crippen molar-refractivity contribution in [2.24, 2.45) is 0 Å². The first-order valence-electron chi connectivity index (χ1n) is 11.0. The highest BCUT2D eigenvalue weighted by atomic mass is 32.2. The summed E-state index contributed by atoms with van der Waals surface area (Å²) >= 11 is 1.28. The topological polar surface area (TPSA) is 126 Å². The van der Waals surface area contributed by atoms with Gasteiger partial charge in [-0.15, -0.1) is 10.2 Å². The van der Waals surface area contributed by atoms with E-state index in [-0.39, 0.29) is 23.8 Å². The predicted octanol–water partition coefficient (Wildman–Crippen LogP) is 5.48. The highest BCUT2D eigenvalue weighted by molar-refractivity contribution is 7.99. The average Bonchev–Trinajstić information content (AvgIpc) is 3.22. The number of nitro benzene ring substituents is 1. The molecule has 4 aromatic rings. The lowest BCUT2D eigenvalue weighted by molar-refractivity contribution is -0.479. The maximum absolute atomic E-state index is 11.5. The summed E-state index contributed by atoms with van der Waals surface area (Å²) in [7, 11) is 0. The Labute approximate surface area is 211 Å². The van der Waals surface area contributed by atoms with Crippen LogP contribution in [0, 0.1) is 34.1 Å². The third-order valence-corrected chi connectivity index (χ3v) is 6.58. The van der Waals surface area contributed by atoms with Crippen molar-refractivity contribution in [3.05, 3.63) is 116 Å². The first-order chi connectivity index (χ1) is 17.3. The molecule has 0 spiro atoms. The normalized spacial score (nSPS) is 11.7. The Morgan fingerprint density at radius 1 is 0.972 bits per heavy atom. The van der Waals surface area contributed by atoms with E-state index in [1.54, 1.807) is 36.4 Å². The third-order valence-electron chi connectivity index (χ3n) is 5.40. The van der Waals surface area contributed by atoms with Crippen LogP contribution in [-0.2, 0) is 6.61 Å². The minimum absolute atomic E-state index is 0.000144. The molecule has 4 rings (SSSR count). The van der Waals surface area contributed by atoms with E-state index in [1.807, 2.05) is 42.7 Å². The van der Waals surface area contributed by atoms with Crippen LogP contribution in [0.5, 0.6) is 5.75 Å². The average molecular weight is 506 g/mol. The molecule has 0 saturated carbocycles. The minimum Gasteiger partial charge on any atom is -0.489 e. The molecule has 0 amide bonds. The van der Waals surface area contributed by atoms with Crippen LogP contribution in [0.2, 0.25) is 0 Å². The van der Waals surface area contributed by atoms with Gasteiger partial charge in [0.1, 0.15) is 23.4 Å². The maximum atomic E-state index is 11.5. The number of hydrogen-bond donors (Lipinski definition) is 0. The van der Waals surface area contributed by atoms with Gasteiger partial charge in [-0.1, -0.05) is 48.2 Å². The number of thioether (sulfide) groups is 1. The second-order valence-electron chi connectivity index (χ2n) is 8.11. The van der Waals surface area contributed by atoms with Crippen molar-refractivity contribution in [1.29, 1.82) is 0 Å². The maximum Gasteiger partial charge on any atom is 0.269 e. The molecule has 1 aromatic heterocycles. The molecule has 10 nitrogen and oxygen atoms in total. The molecular weight excluding hydrogens is 482 g/mol. The van der Waals surface area contributed by atoms with Crippen molar-refractivity contribution in [3.63, 3.8) is 0 Å². The second kappa shape index (κ2) is 11.0. The highest BCUT2D eigenvalue weighted by Gasteiger charge is 2.24. The summed E-state index contributed by atoms with van der Waals surface area (Å²) < 4.78 is 7.65. The fourth-order valence-electron chi connectivity index (χ4n) is 3.66. The molecule has 3 aromatic carbocycles. The van der Waals surface area contributed by atoms with Crippen molar-refractivity contribution < 1.29 is 14.6 Å². The Morgan fingerprint density at radius 2 is 1.72 bits per heavy atom. The van der Waals surface area contributed by atoms with Crippen LogP contribution in [0.1, 0.15) is 27.8 Å². The number of benzene rings is 3. The van der Waals surface area contributed by atoms with Crippen LogP contribution in [0.25, 0.3) is 5.69 Å². The van der Waals surface area contributed by atoms with Gasteiger partial charge in [-0.3, -0.25) is 24.8 Å². The number of nitro groups is 2. The van der Waals surface area contributed by atoms with Gasteiger partial charge in [0.2, 0.25) is 6.54 Å². The van der Waals surface area contributed by atoms with Crippen molar-refractivity contribution in [2.75, 3.05) is 6.54 Å². The van der Waals surface area contributed by atoms with Gasteiger partial charge >= 0.3 is 0 Å². The lowest BCUT2D eigenvalue weighted by Gasteiger charge is -2.15. The van der Waals surface area contributed by atoms with Gasteiger partial charge < -0.3 is 4.74 Å². The SMILES string of the molecule is Cc1cccc(-n2c(C)nnc2S[C@H](C[N+](=O)[O-])c2ccc(OCc3cccc([N+](=O)[O-])c3)cc2)c1. The van der Waals surface area contributed by atoms with Crippen LogP contribution in [0.15, 0.2) is 78.0 Å². The smallest absolute Gasteiger partial charge is 0.269 e. The number of non-ortho nitro benzene ring substituents is 1. The van der Waals surface area contributed by atoms with Gasteiger partial charge in [0.05, 0.1) is 4.92 Å². The minimum atomic E-state index is -0.502. The summed E-state index contributed by atoms with van der Waals surface area (Å²) in [5.41, 5.74) is 3.39. The van der Waals surface area contributed by atoms with Gasteiger partial charge in [-0.05, 0) is 54.8 Å². The summed E-state index contributed by atoms with van der Waals surface area (Å²) in [6, 6.07) is 21.2. The summed E-state index contributed by atoms with van der Waals surface area (Å²) in [6.07, 6.45) is 0. The molecule has 0 aliphatic heterocycles. The Bertz CT molecular complexity index is 1390. The Balaban J connectivity index is 1.52. The van der Waals surface area contributed by atoms with E-state index in [2.05, 4.69) is 10.2 Å². The Hall–Kier alpha value is -4.25. The van der Waals surface area contributed by atoms with E-state index in [1.165, 1.54) is 23.9 Å². The fourth-order valence-corrected chi connectivity index (χ4v) is 4.84. The molecule has 0 fully saturated rings. The van der Waals surface area contributed by atoms with Crippen LogP contribution in [-0.4, -0.2) is 31.2 Å². The summed E-state index contributed by atoms with van der Waals surface area (Å²) in [5.74, 6) is 1.24. The molecule has 1 atom stereocenters. The first-order valence-corrected chi connectivity index (χ1v) is 11.9. The Kier molecular flexibility index (Phi) is 7.59. The van der Waals surface area contributed by atoms with E-state index < -0.39 is 10.2 Å². The van der Waals surface area contributed by atoms with E-state index in [0.29, 0.717) is 22.3 Å². The molecule has 11 heteroatoms. The number of aryl methyl sites for hydroxylation is 2. The van der Waals surface area contributed by atoms with Gasteiger partial charge in [-0.2, -0.15) is 0 Å². The largest absolute Gasteiger partial charge is 0.489 e. The van der Waals surface area contributed by atoms with E-state index in [0.717, 1.165) is 16.8 Å². The van der Waals surface area contributed by atoms with Crippen LogP contribution < -0.4 is 4.74 Å². The standard InChI is InChI=1S/C25H23N5O5S/c1-17-5-3-7-21(13-17)29-18(2)26-27-25(29)36-24(15-28(31)32)20-9-11-23(12-10-20)35-16-19-6-4-8-22(14-19)30(33)34/h3-14,24H,15-16H2,1-2H3/t24-/m1/s1. The predicted molar refractivity (Wildman–Crippen MR) is 135 cm³/mol. The quantitative estimate of drug-likeness (QED) is 0.157. The molecule has 0 N–H and O–H groups in total. The molecule has 36 heavy (non-hydrogen) atoms. The third kappa shape index (κ3) is 6.05. The lowest BCUT2D eigenvalue weighted by atomic mass is 10.1. The molecule has 0 aliphatic carbocycles. The van der Waals surface area contributed by atoms with Crippen molar-refractivity contribution in [2.45, 2.75) is 30.9 Å².